The van der Waals surface area contributed by atoms with Crippen molar-refractivity contribution in [1.29, 1.82) is 0 Å². The minimum absolute atomic E-state index is 1.07. The molecular formula is C52H61Br2IN2S3. The van der Waals surface area contributed by atoms with E-state index < -0.39 is 0 Å². The van der Waals surface area contributed by atoms with E-state index in [2.05, 4.69) is 216 Å². The van der Waals surface area contributed by atoms with Crippen LogP contribution in [0.3, 0.4) is 0 Å². The van der Waals surface area contributed by atoms with Gasteiger partial charge in [-0.25, -0.2) is 0 Å². The van der Waals surface area contributed by atoms with Gasteiger partial charge in [0, 0.05) is 50.1 Å². The Balaban J connectivity index is 0.000000179. The predicted octanol–water partition coefficient (Wildman–Crippen LogP) is 17.1. The van der Waals surface area contributed by atoms with Crippen molar-refractivity contribution in [3.05, 3.63) is 173 Å². The maximum Gasteiger partial charge on any atom is 0.0508 e. The van der Waals surface area contributed by atoms with Crippen molar-refractivity contribution in [2.24, 2.45) is 0 Å². The van der Waals surface area contributed by atoms with Crippen LogP contribution in [0.5, 0.6) is 0 Å². The topological polar surface area (TPSA) is 15.3 Å². The summed E-state index contributed by atoms with van der Waals surface area (Å²) < 4.78 is 3.57. The third kappa shape index (κ3) is 18.3. The number of nitrogens with zero attached hydrogens (tertiary/aromatic N) is 1. The van der Waals surface area contributed by atoms with Crippen molar-refractivity contribution in [3.63, 3.8) is 0 Å². The highest BCUT2D eigenvalue weighted by molar-refractivity contribution is 14.1. The summed E-state index contributed by atoms with van der Waals surface area (Å²) in [5.74, 6) is 0. The summed E-state index contributed by atoms with van der Waals surface area (Å²) in [7, 11) is 0. The van der Waals surface area contributed by atoms with Gasteiger partial charge < -0.3 is 10.2 Å². The highest BCUT2D eigenvalue weighted by Crippen LogP contribution is 2.38. The molecule has 2 saturated heterocycles. The molecule has 0 spiro atoms. The summed E-state index contributed by atoms with van der Waals surface area (Å²) in [5, 5.41) is 3.28. The molecule has 2 heterocycles. The van der Waals surface area contributed by atoms with Crippen molar-refractivity contribution in [1.82, 2.24) is 5.32 Å². The van der Waals surface area contributed by atoms with E-state index in [9.17, 15) is 0 Å². The van der Waals surface area contributed by atoms with E-state index in [0.29, 0.717) is 0 Å². The number of halogens is 3. The van der Waals surface area contributed by atoms with Crippen molar-refractivity contribution in [2.75, 3.05) is 31.1 Å². The molecule has 1 N–H and O–H groups in total. The molecular weight excluding hydrogens is 1040 g/mol. The second kappa shape index (κ2) is 27.8. The fraction of sp³-hybridized carbons (Fsp3) is 0.308. The van der Waals surface area contributed by atoms with Gasteiger partial charge in [0.15, 0.2) is 0 Å². The lowest BCUT2D eigenvalue weighted by molar-refractivity contribution is 0.520. The minimum atomic E-state index is 1.07. The van der Waals surface area contributed by atoms with Crippen molar-refractivity contribution in [2.45, 2.75) is 105 Å². The molecule has 0 aliphatic carbocycles. The maximum atomic E-state index is 4.25. The van der Waals surface area contributed by atoms with Gasteiger partial charge in [-0.05, 0) is 212 Å². The molecule has 8 rings (SSSR count). The van der Waals surface area contributed by atoms with E-state index in [-0.39, 0.29) is 0 Å². The lowest BCUT2D eigenvalue weighted by Crippen LogP contribution is -2.29. The van der Waals surface area contributed by atoms with Crippen molar-refractivity contribution >= 4 is 96.3 Å². The van der Waals surface area contributed by atoms with Crippen molar-refractivity contribution in [3.8, 4) is 0 Å². The van der Waals surface area contributed by atoms with Crippen LogP contribution in [-0.2, 0) is 0 Å². The largest absolute Gasteiger partial charge is 0.371 e. The van der Waals surface area contributed by atoms with E-state index in [4.69, 9.17) is 0 Å². The lowest BCUT2D eigenvalue weighted by atomic mass is 10.1. The van der Waals surface area contributed by atoms with E-state index in [1.54, 1.807) is 11.8 Å². The highest BCUT2D eigenvalue weighted by Gasteiger charge is 2.15. The van der Waals surface area contributed by atoms with Crippen LogP contribution in [0, 0.1) is 45.1 Å². The molecule has 60 heavy (non-hydrogen) atoms. The number of hydrogen-bond acceptors (Lipinski definition) is 5. The predicted molar refractivity (Wildman–Crippen MR) is 283 cm³/mol. The van der Waals surface area contributed by atoms with E-state index in [1.165, 1.54) is 131 Å². The molecule has 2 aliphatic heterocycles. The minimum Gasteiger partial charge on any atom is -0.371 e. The fourth-order valence-corrected chi connectivity index (χ4v) is 9.86. The molecule has 0 bridgehead atoms. The number of benzene rings is 6. The van der Waals surface area contributed by atoms with Crippen LogP contribution < -0.4 is 10.2 Å². The summed E-state index contributed by atoms with van der Waals surface area (Å²) in [4.78, 5) is 8.94. The molecule has 0 amide bonds. The first kappa shape index (κ1) is 50.5. The second-order valence-electron chi connectivity index (χ2n) is 15.2. The monoisotopic (exact) mass is 1090 g/mol. The number of piperidine rings is 2. The van der Waals surface area contributed by atoms with E-state index in [0.717, 1.165) is 9.37 Å². The SMILES string of the molecule is Brc1ccccc1I.C1CCNCC1.Cc1ccc(S)c(C)c1.Cc1ccc(Sc2ccccc2Br)c(C)c1.Cc1ccc(Sc2ccccc2N2CCCCC2)c(C)c1. The van der Waals surface area contributed by atoms with Crippen LogP contribution in [0.25, 0.3) is 0 Å². The Kier molecular flexibility index (Phi) is 23.4. The zero-order valence-electron chi connectivity index (χ0n) is 36.0. The number of rotatable bonds is 5. The number of aryl methyl sites for hydroxylation is 6. The molecule has 0 saturated carbocycles. The molecule has 0 atom stereocenters. The average Bonchev–Trinajstić information content (AvgIpc) is 3.25. The third-order valence-corrected chi connectivity index (χ3v) is 16.2. The van der Waals surface area contributed by atoms with Crippen LogP contribution in [0.2, 0.25) is 0 Å². The summed E-state index contributed by atoms with van der Waals surface area (Å²) in [5.41, 5.74) is 9.30. The molecule has 8 heteroatoms. The summed E-state index contributed by atoms with van der Waals surface area (Å²) in [6.45, 7) is 17.7. The number of anilines is 1. The number of hydrogen-bond donors (Lipinski definition) is 2. The normalized spacial score (nSPS) is 13.2. The van der Waals surface area contributed by atoms with Crippen molar-refractivity contribution < 1.29 is 0 Å². The van der Waals surface area contributed by atoms with Gasteiger partial charge in [-0.1, -0.05) is 119 Å². The van der Waals surface area contributed by atoms with Crippen LogP contribution in [0.1, 0.15) is 71.9 Å². The zero-order chi connectivity index (χ0) is 43.3. The Morgan fingerprint density at radius 2 is 0.967 bits per heavy atom. The van der Waals surface area contributed by atoms with Gasteiger partial charge in [0.05, 0.1) is 5.69 Å². The van der Waals surface area contributed by atoms with E-state index >= 15 is 0 Å². The molecule has 2 nitrogen and oxygen atoms in total. The van der Waals surface area contributed by atoms with E-state index in [1.807, 2.05) is 42.1 Å². The van der Waals surface area contributed by atoms with Crippen LogP contribution in [-0.4, -0.2) is 26.2 Å². The Hall–Kier alpha value is -2.18. The van der Waals surface area contributed by atoms with Crippen LogP contribution >= 0.6 is 90.6 Å². The van der Waals surface area contributed by atoms with Gasteiger partial charge in [-0.2, -0.15) is 0 Å². The summed E-state index contributed by atoms with van der Waals surface area (Å²) in [6.07, 6.45) is 8.24. The average molecular weight is 1100 g/mol. The molecule has 6 aromatic carbocycles. The van der Waals surface area contributed by atoms with Crippen LogP contribution in [0.4, 0.5) is 5.69 Å². The highest BCUT2D eigenvalue weighted by atomic mass is 127. The Morgan fingerprint density at radius 1 is 0.500 bits per heavy atom. The first-order valence-electron chi connectivity index (χ1n) is 20.9. The molecule has 2 aliphatic rings. The molecule has 0 unspecified atom stereocenters. The quantitative estimate of drug-likeness (QED) is 0.132. The Bertz CT molecular complexity index is 2170. The first-order valence-corrected chi connectivity index (χ1v) is 25.6. The smallest absolute Gasteiger partial charge is 0.0508 e. The summed E-state index contributed by atoms with van der Waals surface area (Å²) >= 11 is 17.2. The molecule has 2 fully saturated rings. The zero-order valence-corrected chi connectivity index (χ0v) is 43.9. The number of para-hydroxylation sites is 1. The summed E-state index contributed by atoms with van der Waals surface area (Å²) in [6, 6.07) is 44.8. The second-order valence-corrected chi connectivity index (χ2v) is 20.7. The van der Waals surface area contributed by atoms with Gasteiger partial charge in [0.1, 0.15) is 0 Å². The molecule has 0 aromatic heterocycles. The Morgan fingerprint density at radius 3 is 1.42 bits per heavy atom. The fourth-order valence-electron chi connectivity index (χ4n) is 6.58. The standard InChI is InChI=1S/C19H23NS.C14H13BrS.C8H10S.C6H4BrI.C5H11N/c1-15-10-11-18(16(2)14-15)21-19-9-5-4-8-17(19)20-12-6-3-7-13-20;1-10-7-8-13(11(2)9-10)16-14-6-4-3-5-12(14)15;1-6-3-4-8(9)7(2)5-6;7-5-3-1-2-4-6(5)8;1-2-4-6-5-3-1/h4-5,8-11,14H,3,6-7,12-13H2,1-2H3;3-9H,1-2H3;3-5,9H,1-2H3;1-4H;6H,1-5H2. The molecule has 0 radical (unpaired) electrons. The Labute approximate surface area is 406 Å². The first-order chi connectivity index (χ1) is 28.9. The van der Waals surface area contributed by atoms with Gasteiger partial charge in [0.25, 0.3) is 0 Å². The maximum absolute atomic E-state index is 4.25. The number of nitrogens with one attached hydrogen (secondary N) is 1. The van der Waals surface area contributed by atoms with Gasteiger partial charge in [-0.3, -0.25) is 0 Å². The number of thiol groups is 1. The molecule has 6 aromatic rings. The van der Waals surface area contributed by atoms with Crippen LogP contribution in [0.15, 0.2) is 161 Å². The van der Waals surface area contributed by atoms with Gasteiger partial charge in [0.2, 0.25) is 0 Å². The molecule has 318 valence electrons. The van der Waals surface area contributed by atoms with Gasteiger partial charge in [-0.15, -0.1) is 12.6 Å². The van der Waals surface area contributed by atoms with Gasteiger partial charge >= 0.3 is 0 Å². The lowest BCUT2D eigenvalue weighted by Gasteiger charge is -2.30. The third-order valence-electron chi connectivity index (χ3n) is 9.88.